The number of nitrogens with zero attached hydrogens (tertiary/aromatic N) is 4. The highest BCUT2D eigenvalue weighted by molar-refractivity contribution is 5.78. The van der Waals surface area contributed by atoms with Gasteiger partial charge in [-0.1, -0.05) is 32.0 Å². The van der Waals surface area contributed by atoms with Crippen molar-refractivity contribution < 1.29 is 4.79 Å². The van der Waals surface area contributed by atoms with Crippen molar-refractivity contribution in [2.24, 2.45) is 5.92 Å². The molecule has 1 atom stereocenters. The van der Waals surface area contributed by atoms with Crippen LogP contribution in [0.2, 0.25) is 0 Å². The molecule has 1 aromatic carbocycles. The molecule has 0 unspecified atom stereocenters. The minimum Gasteiger partial charge on any atom is -0.342 e. The van der Waals surface area contributed by atoms with Gasteiger partial charge in [-0.3, -0.25) is 9.78 Å². The van der Waals surface area contributed by atoms with Gasteiger partial charge in [0, 0.05) is 54.6 Å². The summed E-state index contributed by atoms with van der Waals surface area (Å²) >= 11 is 0. The Morgan fingerprint density at radius 1 is 1.10 bits per heavy atom. The number of amides is 1. The third-order valence-electron chi connectivity index (χ3n) is 5.36. The summed E-state index contributed by atoms with van der Waals surface area (Å²) in [6.45, 7) is 5.39. The van der Waals surface area contributed by atoms with Crippen LogP contribution < -0.4 is 5.32 Å². The lowest BCUT2D eigenvalue weighted by atomic mass is 9.96. The highest BCUT2D eigenvalue weighted by atomic mass is 16.2. The van der Waals surface area contributed by atoms with Crippen LogP contribution in [0.3, 0.4) is 0 Å². The molecular weight excluding hydrogens is 374 g/mol. The van der Waals surface area contributed by atoms with Gasteiger partial charge in [0.1, 0.15) is 11.6 Å². The fourth-order valence-electron chi connectivity index (χ4n) is 3.81. The first-order chi connectivity index (χ1) is 14.6. The topological polar surface area (TPSA) is 71.0 Å². The molecule has 3 heterocycles. The number of likely N-dealkylation sites (tertiary alicyclic amines) is 1. The van der Waals surface area contributed by atoms with E-state index in [1.165, 1.54) is 0 Å². The highest BCUT2D eigenvalue weighted by Crippen LogP contribution is 2.29. The van der Waals surface area contributed by atoms with E-state index in [0.717, 1.165) is 48.0 Å². The van der Waals surface area contributed by atoms with Gasteiger partial charge in [0.05, 0.1) is 5.69 Å². The number of pyridine rings is 1. The van der Waals surface area contributed by atoms with Crippen molar-refractivity contribution in [1.29, 1.82) is 0 Å². The van der Waals surface area contributed by atoms with Crippen LogP contribution in [0.15, 0.2) is 60.9 Å². The lowest BCUT2D eigenvalue weighted by Crippen LogP contribution is -2.41. The lowest BCUT2D eigenvalue weighted by molar-refractivity contribution is -0.135. The number of benzene rings is 1. The van der Waals surface area contributed by atoms with E-state index in [4.69, 9.17) is 9.97 Å². The van der Waals surface area contributed by atoms with Crippen molar-refractivity contribution >= 4 is 17.4 Å². The van der Waals surface area contributed by atoms with Crippen LogP contribution in [0.25, 0.3) is 11.3 Å². The molecular formula is C24H27N5O. The number of piperidine rings is 1. The molecule has 30 heavy (non-hydrogen) atoms. The van der Waals surface area contributed by atoms with Crippen molar-refractivity contribution in [3.05, 3.63) is 66.7 Å². The molecule has 1 saturated heterocycles. The zero-order chi connectivity index (χ0) is 20.9. The molecule has 2 aromatic heterocycles. The second-order valence-corrected chi connectivity index (χ2v) is 8.00. The molecule has 6 nitrogen and oxygen atoms in total. The maximum absolute atomic E-state index is 12.5. The van der Waals surface area contributed by atoms with Crippen LogP contribution in [-0.2, 0) is 4.79 Å². The van der Waals surface area contributed by atoms with Crippen molar-refractivity contribution in [2.75, 3.05) is 18.4 Å². The summed E-state index contributed by atoms with van der Waals surface area (Å²) in [6, 6.07) is 15.9. The summed E-state index contributed by atoms with van der Waals surface area (Å²) < 4.78 is 0. The number of carbonyl (C=O) groups excluding carboxylic acids is 1. The largest absolute Gasteiger partial charge is 0.342 e. The van der Waals surface area contributed by atoms with Gasteiger partial charge in [0.25, 0.3) is 0 Å². The first-order valence-electron chi connectivity index (χ1n) is 10.5. The number of rotatable bonds is 5. The zero-order valence-electron chi connectivity index (χ0n) is 17.5. The molecule has 0 aliphatic carbocycles. The molecule has 1 aliphatic rings. The molecule has 3 aromatic rings. The minimum atomic E-state index is 0.00290. The van der Waals surface area contributed by atoms with Crippen LogP contribution >= 0.6 is 0 Å². The smallest absolute Gasteiger partial charge is 0.225 e. The Morgan fingerprint density at radius 2 is 1.87 bits per heavy atom. The number of hydrogen-bond acceptors (Lipinski definition) is 5. The van der Waals surface area contributed by atoms with Gasteiger partial charge >= 0.3 is 0 Å². The van der Waals surface area contributed by atoms with E-state index in [1.54, 1.807) is 12.4 Å². The number of carbonyl (C=O) groups is 1. The van der Waals surface area contributed by atoms with E-state index in [0.29, 0.717) is 6.54 Å². The first kappa shape index (κ1) is 20.0. The van der Waals surface area contributed by atoms with E-state index >= 15 is 0 Å². The summed E-state index contributed by atoms with van der Waals surface area (Å²) in [5, 5.41) is 3.40. The molecule has 0 radical (unpaired) electrons. The third kappa shape index (κ3) is 4.64. The molecule has 0 spiro atoms. The first-order valence-corrected chi connectivity index (χ1v) is 10.5. The normalized spacial score (nSPS) is 16.5. The second-order valence-electron chi connectivity index (χ2n) is 8.00. The van der Waals surface area contributed by atoms with Crippen molar-refractivity contribution in [3.8, 4) is 11.3 Å². The lowest BCUT2D eigenvalue weighted by Gasteiger charge is -2.33. The Kier molecular flexibility index (Phi) is 6.02. The number of para-hydroxylation sites is 1. The van der Waals surface area contributed by atoms with Gasteiger partial charge in [-0.2, -0.15) is 0 Å². The van der Waals surface area contributed by atoms with Crippen molar-refractivity contribution in [1.82, 2.24) is 19.9 Å². The molecule has 1 N–H and O–H groups in total. The van der Waals surface area contributed by atoms with E-state index in [2.05, 4.69) is 10.3 Å². The molecule has 154 valence electrons. The van der Waals surface area contributed by atoms with Crippen LogP contribution in [0.4, 0.5) is 11.5 Å². The standard InChI is InChI=1S/C24H27N5O/c1-17(2)24(30)29-14-6-7-19(16-29)23-27-21(18-10-12-25-13-11-18)15-22(28-23)26-20-8-4-3-5-9-20/h3-5,8-13,15,17,19H,6-7,14,16H2,1-2H3,(H,26,27,28)/t19-/m1/s1. The van der Waals surface area contributed by atoms with E-state index in [1.807, 2.05) is 67.3 Å². The highest BCUT2D eigenvalue weighted by Gasteiger charge is 2.28. The van der Waals surface area contributed by atoms with Gasteiger partial charge < -0.3 is 10.2 Å². The maximum Gasteiger partial charge on any atom is 0.225 e. The number of hydrogen-bond donors (Lipinski definition) is 1. The second kappa shape index (κ2) is 9.03. The average Bonchev–Trinajstić information content (AvgIpc) is 2.79. The zero-order valence-corrected chi connectivity index (χ0v) is 17.5. The van der Waals surface area contributed by atoms with Gasteiger partial charge in [-0.15, -0.1) is 0 Å². The van der Waals surface area contributed by atoms with Crippen LogP contribution in [-0.4, -0.2) is 38.8 Å². The Labute approximate surface area is 177 Å². The monoisotopic (exact) mass is 401 g/mol. The van der Waals surface area contributed by atoms with Crippen LogP contribution in [0.1, 0.15) is 38.4 Å². The molecule has 4 rings (SSSR count). The fourth-order valence-corrected chi connectivity index (χ4v) is 3.81. The summed E-state index contributed by atoms with van der Waals surface area (Å²) in [4.78, 5) is 28.3. The molecule has 6 heteroatoms. The van der Waals surface area contributed by atoms with Gasteiger partial charge in [-0.05, 0) is 37.1 Å². The summed E-state index contributed by atoms with van der Waals surface area (Å²) in [7, 11) is 0. The Morgan fingerprint density at radius 3 is 2.60 bits per heavy atom. The molecule has 1 fully saturated rings. The quantitative estimate of drug-likeness (QED) is 0.674. The number of aromatic nitrogens is 3. The molecule has 0 saturated carbocycles. The molecule has 1 aliphatic heterocycles. The van der Waals surface area contributed by atoms with Crippen molar-refractivity contribution in [3.63, 3.8) is 0 Å². The Bertz CT molecular complexity index is 991. The summed E-state index contributed by atoms with van der Waals surface area (Å²) in [6.07, 6.45) is 5.48. The molecule has 1 amide bonds. The van der Waals surface area contributed by atoms with Crippen molar-refractivity contribution in [2.45, 2.75) is 32.6 Å². The average molecular weight is 402 g/mol. The predicted molar refractivity (Wildman–Crippen MR) is 118 cm³/mol. The van der Waals surface area contributed by atoms with E-state index < -0.39 is 0 Å². The minimum absolute atomic E-state index is 0.00290. The summed E-state index contributed by atoms with van der Waals surface area (Å²) in [5.74, 6) is 1.87. The van der Waals surface area contributed by atoms with Gasteiger partial charge in [-0.25, -0.2) is 9.97 Å². The van der Waals surface area contributed by atoms with Crippen LogP contribution in [0, 0.1) is 5.92 Å². The van der Waals surface area contributed by atoms with E-state index in [9.17, 15) is 4.79 Å². The fraction of sp³-hybridized carbons (Fsp3) is 0.333. The third-order valence-corrected chi connectivity index (χ3v) is 5.36. The maximum atomic E-state index is 12.5. The molecule has 0 bridgehead atoms. The Hall–Kier alpha value is -3.28. The van der Waals surface area contributed by atoms with Gasteiger partial charge in [0.2, 0.25) is 5.91 Å². The number of anilines is 2. The van der Waals surface area contributed by atoms with Crippen LogP contribution in [0.5, 0.6) is 0 Å². The van der Waals surface area contributed by atoms with Gasteiger partial charge in [0.15, 0.2) is 0 Å². The number of nitrogens with one attached hydrogen (secondary N) is 1. The summed E-state index contributed by atoms with van der Waals surface area (Å²) in [5.41, 5.74) is 2.83. The SMILES string of the molecule is CC(C)C(=O)N1CCC[C@@H](c2nc(Nc3ccccc3)cc(-c3ccncc3)n2)C1. The van der Waals surface area contributed by atoms with E-state index in [-0.39, 0.29) is 17.7 Å². The Balaban J connectivity index is 1.67. The predicted octanol–water partition coefficient (Wildman–Crippen LogP) is 4.64.